The molecule has 27 heteroatoms. The zero-order valence-corrected chi connectivity index (χ0v) is 72.6. The van der Waals surface area contributed by atoms with E-state index < -0.39 is 28.4 Å². The highest BCUT2D eigenvalue weighted by Crippen LogP contribution is 2.43. The number of amides is 1. The van der Waals surface area contributed by atoms with Gasteiger partial charge < -0.3 is 42.5 Å². The van der Waals surface area contributed by atoms with E-state index in [1.54, 1.807) is 17.0 Å². The maximum absolute atomic E-state index is 13.2. The van der Waals surface area contributed by atoms with Gasteiger partial charge in [0.1, 0.15) is 0 Å². The van der Waals surface area contributed by atoms with Gasteiger partial charge in [-0.25, -0.2) is 13.6 Å². The number of aromatic nitrogens is 4. The number of benzene rings is 6. The first kappa shape index (κ1) is 90.2. The molecule has 5 saturated carbocycles. The second-order valence-electron chi connectivity index (χ2n) is 30.1. The van der Waals surface area contributed by atoms with Crippen molar-refractivity contribution in [3.63, 3.8) is 0 Å². The lowest BCUT2D eigenvalue weighted by molar-refractivity contribution is -0.129. The molecular weight excluding hydrogens is 1650 g/mol. The average molecular weight is 1750 g/mol. The Bertz CT molecular complexity index is 5150. The van der Waals surface area contributed by atoms with E-state index in [9.17, 15) is 41.2 Å². The molecule has 0 bridgehead atoms. The molecule has 1 unspecified atom stereocenters. The van der Waals surface area contributed by atoms with E-state index >= 15 is 0 Å². The molecule has 0 radical (unpaired) electrons. The molecule has 5 aliphatic carbocycles. The number of primary sulfonamides is 1. The third-order valence-corrected chi connectivity index (χ3v) is 23.8. The van der Waals surface area contributed by atoms with E-state index in [4.69, 9.17) is 73.2 Å². The van der Waals surface area contributed by atoms with Crippen LogP contribution in [-0.4, -0.2) is 100 Å². The molecule has 5 fully saturated rings. The number of aryl methyl sites for hydroxylation is 3. The van der Waals surface area contributed by atoms with E-state index in [1.165, 1.54) is 92.5 Å². The van der Waals surface area contributed by atoms with Crippen LogP contribution < -0.4 is 15.3 Å². The van der Waals surface area contributed by atoms with Crippen LogP contribution in [0.1, 0.15) is 150 Å². The summed E-state index contributed by atoms with van der Waals surface area (Å²) in [7, 11) is 6.22. The largest absolute Gasteiger partial charge is 0.755 e. The molecule has 5 N–H and O–H groups in total. The maximum atomic E-state index is 13.2. The van der Waals surface area contributed by atoms with Gasteiger partial charge in [-0.15, -0.1) is 0 Å². The fourth-order valence-corrected chi connectivity index (χ4v) is 15.6. The molecule has 0 aliphatic heterocycles. The number of nitrogens with two attached hydrogens (primary N) is 1. The summed E-state index contributed by atoms with van der Waals surface area (Å²) in [6.45, 7) is 8.23. The SMILES string of the molecule is CN(C)C(=O)CC1CC1.Cc1c(-c2ccc(NS(=O)[O-])cc2)c(C(=O)CC2CC2)n(C)c1-c1ccc(Cl)cc1.Cc1c(Br)c(C(=O)CC2CC2)n(C)c1-c1ccc(Cl)cc1.Cc1cc(C(=O)CC2CC2)n(C)c1-c1ccc(Cl)cc1.Cc1ccn(C)c1-c1ccc(Cl)cc1.NS(=O)(=O)c1ccc(B(O)O)cc1.O=C(Cl)CC1CC1. The summed E-state index contributed by atoms with van der Waals surface area (Å²) >= 11 is 30.1. The lowest BCUT2D eigenvalue weighted by Gasteiger charge is -2.11. The van der Waals surface area contributed by atoms with E-state index in [-0.39, 0.29) is 38.9 Å². The van der Waals surface area contributed by atoms with Gasteiger partial charge in [0.2, 0.25) is 21.2 Å². The highest BCUT2D eigenvalue weighted by Gasteiger charge is 2.33. The fourth-order valence-electron chi connectivity index (χ4n) is 13.4. The number of rotatable bonds is 22. The molecule has 1 amide bonds. The van der Waals surface area contributed by atoms with E-state index in [2.05, 4.69) is 58.4 Å². The number of nitrogens with one attached hydrogen (secondary N) is 1. The number of Topliss-reactive ketones (excluding diaryl/α,β-unsaturated/α-hetero) is 3. The van der Waals surface area contributed by atoms with Crippen LogP contribution in [0.5, 0.6) is 0 Å². The summed E-state index contributed by atoms with van der Waals surface area (Å²) in [6.07, 6.45) is 17.3. The van der Waals surface area contributed by atoms with Crippen molar-refractivity contribution < 1.29 is 51.2 Å². The third kappa shape index (κ3) is 26.2. The first-order valence-electron chi connectivity index (χ1n) is 37.8. The molecule has 6 aromatic carbocycles. The first-order chi connectivity index (χ1) is 54.0. The lowest BCUT2D eigenvalue weighted by Crippen LogP contribution is -2.29. The Labute approximate surface area is 705 Å². The number of hydrogen-bond donors (Lipinski definition) is 4. The van der Waals surface area contributed by atoms with Gasteiger partial charge in [-0.2, -0.15) is 0 Å². The Morgan fingerprint density at radius 3 is 1.27 bits per heavy atom. The predicted octanol–water partition coefficient (Wildman–Crippen LogP) is 19.6. The predicted molar refractivity (Wildman–Crippen MR) is 465 cm³/mol. The van der Waals surface area contributed by atoms with E-state index in [0.29, 0.717) is 65.8 Å². The Hall–Kier alpha value is -7.68. The van der Waals surface area contributed by atoms with Gasteiger partial charge in [-0.3, -0.25) is 28.2 Å². The molecule has 604 valence electrons. The van der Waals surface area contributed by atoms with Crippen LogP contribution in [0.3, 0.4) is 0 Å². The van der Waals surface area contributed by atoms with Crippen molar-refractivity contribution in [3.8, 4) is 56.2 Å². The zero-order valence-electron chi connectivity index (χ0n) is 65.6. The molecule has 15 rings (SSSR count). The smallest absolute Gasteiger partial charge is 0.488 e. The maximum Gasteiger partial charge on any atom is 0.488 e. The Balaban J connectivity index is 0.000000159. The molecule has 0 spiro atoms. The number of halogens is 6. The van der Waals surface area contributed by atoms with Gasteiger partial charge in [0.25, 0.3) is 0 Å². The number of carbonyl (C=O) groups is 5. The van der Waals surface area contributed by atoms with Crippen molar-refractivity contribution in [2.75, 3.05) is 18.8 Å². The number of carbonyl (C=O) groups excluding carboxylic acids is 5. The van der Waals surface area contributed by atoms with Crippen LogP contribution in [0.4, 0.5) is 5.69 Å². The van der Waals surface area contributed by atoms with Gasteiger partial charge in [-0.1, -0.05) is 119 Å². The minimum atomic E-state index is -3.71. The molecule has 4 aromatic heterocycles. The summed E-state index contributed by atoms with van der Waals surface area (Å²) in [5.41, 5.74) is 18.0. The Morgan fingerprint density at radius 2 is 0.895 bits per heavy atom. The summed E-state index contributed by atoms with van der Waals surface area (Å²) in [5.74, 6) is 3.98. The van der Waals surface area contributed by atoms with Crippen molar-refractivity contribution in [1.29, 1.82) is 0 Å². The van der Waals surface area contributed by atoms with Gasteiger partial charge >= 0.3 is 7.12 Å². The molecule has 0 saturated heterocycles. The van der Waals surface area contributed by atoms with Gasteiger partial charge in [0.15, 0.2) is 17.3 Å². The van der Waals surface area contributed by atoms with Gasteiger partial charge in [-0.05, 0) is 289 Å². The van der Waals surface area contributed by atoms with Gasteiger partial charge in [0, 0.05) is 128 Å². The van der Waals surface area contributed by atoms with Crippen molar-refractivity contribution in [2.24, 2.45) is 62.9 Å². The zero-order chi connectivity index (χ0) is 83.2. The number of anilines is 1. The standard InChI is InChI=1S/C23H23ClN2O3S.C17H17BrClNO.C17H18ClNO.C12H12ClN.C7H13NO.C6H8BNO4S.C5H7ClO/c1-14-21(16-7-11-19(12-8-16)25-30(28)29)23(20(27)13-15-3-4-15)26(2)22(14)17-5-9-18(24)10-6-17;1-10-15(18)17(14(21)9-11-3-4-11)20(2)16(10)12-5-7-13(19)8-6-12;1-11-9-15(16(20)10-12-3-4-12)19(2)17(11)13-5-7-14(18)8-6-13;1-9-7-8-14(2)12(9)10-3-5-11(13)6-4-10;1-8(2)7(9)5-6-3-4-6;8-13(11,12)6-3-1-5(2-4-6)7(9)10;6-5(7)3-4-1-2-4/h5-12,15,25H,3-4,13H2,1-2H3,(H,28,29);5-8,11H,3-4,9H2,1-2H3;5-9,12H,3-4,10H2,1-2H3;3-8H,1-2H3;6H,3-5H2,1-2H3;1-4,9-10H,(H2,8,11,12);4H,1-3H2/p-1. The quantitative estimate of drug-likeness (QED) is 0.0215. The van der Waals surface area contributed by atoms with Crippen LogP contribution in [-0.2, 0) is 59.1 Å². The fraction of sp³-hybridized carbons (Fsp3) is 0.345. The van der Waals surface area contributed by atoms with Crippen molar-refractivity contribution in [1.82, 2.24) is 23.2 Å². The summed E-state index contributed by atoms with van der Waals surface area (Å²) < 4.78 is 54.7. The Morgan fingerprint density at radius 1 is 0.518 bits per heavy atom. The lowest BCUT2D eigenvalue weighted by atomic mass is 9.81. The second kappa shape index (κ2) is 40.9. The average Bonchev–Trinajstić information content (AvgIpc) is 1.60. The molecule has 18 nitrogen and oxygen atoms in total. The highest BCUT2D eigenvalue weighted by atomic mass is 79.9. The number of sulfonamides is 1. The third-order valence-electron chi connectivity index (χ3n) is 20.4. The van der Waals surface area contributed by atoms with Crippen LogP contribution in [0.2, 0.25) is 20.1 Å². The van der Waals surface area contributed by atoms with Gasteiger partial charge in [0.05, 0.1) is 44.8 Å². The normalized spacial score (nSPS) is 14.2. The number of ketones is 3. The van der Waals surface area contributed by atoms with Crippen LogP contribution in [0.25, 0.3) is 56.2 Å². The molecule has 10 aromatic rings. The molecule has 4 heterocycles. The topological polar surface area (TPSA) is 261 Å². The van der Waals surface area contributed by atoms with Crippen LogP contribution >= 0.6 is 73.9 Å². The summed E-state index contributed by atoms with van der Waals surface area (Å²) in [6, 6.07) is 47.3. The van der Waals surface area contributed by atoms with Crippen LogP contribution in [0, 0.1) is 57.3 Å². The van der Waals surface area contributed by atoms with E-state index in [0.717, 1.165) is 118 Å². The minimum absolute atomic E-state index is 0.0584. The highest BCUT2D eigenvalue weighted by molar-refractivity contribution is 9.10. The minimum Gasteiger partial charge on any atom is -0.755 e. The molecule has 5 aliphatic rings. The number of nitrogens with zero attached hydrogens (tertiary/aromatic N) is 5. The molecule has 114 heavy (non-hydrogen) atoms. The molecular formula is C87H97BBrCl5N7O11S2-. The van der Waals surface area contributed by atoms with Crippen LogP contribution in [0.15, 0.2) is 173 Å². The number of hydrogen-bond acceptors (Lipinski definition) is 11. The van der Waals surface area contributed by atoms with Crippen molar-refractivity contribution in [2.45, 2.75) is 129 Å². The van der Waals surface area contributed by atoms with Crippen molar-refractivity contribution >= 4 is 142 Å². The first-order valence-corrected chi connectivity index (χ1v) is 43.1. The Kier molecular flexibility index (Phi) is 32.4. The summed E-state index contributed by atoms with van der Waals surface area (Å²) in [5, 5.41) is 24.9. The monoisotopic (exact) mass is 1740 g/mol. The van der Waals surface area contributed by atoms with Crippen molar-refractivity contribution in [3.05, 3.63) is 228 Å². The van der Waals surface area contributed by atoms with E-state index in [1.807, 2.05) is 178 Å². The molecule has 1 atom stereocenters. The summed E-state index contributed by atoms with van der Waals surface area (Å²) in [4.78, 5) is 60.7. The second-order valence-corrected chi connectivity index (χ2v) is 35.3.